The monoisotopic (exact) mass is 326 g/mol. The third-order valence-corrected chi connectivity index (χ3v) is 4.35. The molecule has 0 bridgehead atoms. The van der Waals surface area contributed by atoms with Crippen LogP contribution in [-0.4, -0.2) is 5.11 Å². The van der Waals surface area contributed by atoms with Crippen LogP contribution in [-0.2, 0) is 13.2 Å². The maximum absolute atomic E-state index is 9.14. The van der Waals surface area contributed by atoms with Crippen molar-refractivity contribution in [2.45, 2.75) is 27.1 Å². The van der Waals surface area contributed by atoms with Crippen molar-refractivity contribution >= 4 is 27.3 Å². The van der Waals surface area contributed by atoms with Crippen molar-refractivity contribution in [3.8, 4) is 5.75 Å². The van der Waals surface area contributed by atoms with Crippen LogP contribution in [0.3, 0.4) is 0 Å². The Hall–Kier alpha value is -0.840. The van der Waals surface area contributed by atoms with Crippen LogP contribution < -0.4 is 4.74 Å². The molecule has 0 unspecified atom stereocenters. The zero-order valence-electron chi connectivity index (χ0n) is 10.4. The van der Waals surface area contributed by atoms with E-state index in [0.717, 1.165) is 26.9 Å². The largest absolute Gasteiger partial charge is 0.488 e. The minimum atomic E-state index is 0.0693. The van der Waals surface area contributed by atoms with Crippen molar-refractivity contribution in [1.82, 2.24) is 0 Å². The van der Waals surface area contributed by atoms with Crippen LogP contribution in [0.1, 0.15) is 21.6 Å². The first-order valence-corrected chi connectivity index (χ1v) is 7.34. The summed E-state index contributed by atoms with van der Waals surface area (Å²) in [6, 6.07) is 6.00. The van der Waals surface area contributed by atoms with Gasteiger partial charge in [0, 0.05) is 14.7 Å². The highest BCUT2D eigenvalue weighted by Gasteiger charge is 2.07. The van der Waals surface area contributed by atoms with Gasteiger partial charge < -0.3 is 9.84 Å². The van der Waals surface area contributed by atoms with Gasteiger partial charge in [-0.15, -0.1) is 11.3 Å². The maximum Gasteiger partial charge on any atom is 0.125 e. The molecule has 0 aliphatic heterocycles. The summed E-state index contributed by atoms with van der Waals surface area (Å²) in [5.74, 6) is 0.914. The number of rotatable bonds is 4. The van der Waals surface area contributed by atoms with E-state index in [2.05, 4.69) is 22.0 Å². The fraction of sp³-hybridized carbons (Fsp3) is 0.286. The van der Waals surface area contributed by atoms with E-state index in [1.165, 1.54) is 4.88 Å². The van der Waals surface area contributed by atoms with Gasteiger partial charge in [-0.3, -0.25) is 0 Å². The lowest BCUT2D eigenvalue weighted by Crippen LogP contribution is -1.99. The summed E-state index contributed by atoms with van der Waals surface area (Å²) >= 11 is 5.11. The summed E-state index contributed by atoms with van der Waals surface area (Å²) in [5.41, 5.74) is 3.06. The highest BCUT2D eigenvalue weighted by Crippen LogP contribution is 2.27. The van der Waals surface area contributed by atoms with Crippen molar-refractivity contribution in [3.05, 3.63) is 49.6 Å². The minimum absolute atomic E-state index is 0.0693. The lowest BCUT2D eigenvalue weighted by molar-refractivity contribution is 0.280. The first-order chi connectivity index (χ1) is 8.60. The number of thiophene rings is 1. The van der Waals surface area contributed by atoms with E-state index in [1.54, 1.807) is 11.3 Å². The Balaban J connectivity index is 2.14. The van der Waals surface area contributed by atoms with Crippen LogP contribution in [0.25, 0.3) is 0 Å². The fourth-order valence-electron chi connectivity index (χ4n) is 1.93. The molecule has 0 atom stereocenters. The highest BCUT2D eigenvalue weighted by molar-refractivity contribution is 9.10. The number of aliphatic hydroxyl groups is 1. The predicted octanol–water partition coefficient (Wildman–Crippen LogP) is 4.20. The van der Waals surface area contributed by atoms with E-state index in [9.17, 15) is 0 Å². The molecular formula is C14H15BrO2S. The summed E-state index contributed by atoms with van der Waals surface area (Å²) in [6.45, 7) is 4.66. The predicted molar refractivity (Wildman–Crippen MR) is 78.2 cm³/mol. The molecule has 0 fully saturated rings. The van der Waals surface area contributed by atoms with Gasteiger partial charge >= 0.3 is 0 Å². The lowest BCUT2D eigenvalue weighted by Gasteiger charge is -2.12. The van der Waals surface area contributed by atoms with Gasteiger partial charge in [0.15, 0.2) is 0 Å². The molecule has 18 heavy (non-hydrogen) atoms. The van der Waals surface area contributed by atoms with Gasteiger partial charge in [0.25, 0.3) is 0 Å². The zero-order chi connectivity index (χ0) is 13.1. The number of halogens is 1. The molecule has 2 rings (SSSR count). The second kappa shape index (κ2) is 5.87. The van der Waals surface area contributed by atoms with Crippen LogP contribution in [0.5, 0.6) is 5.75 Å². The first-order valence-electron chi connectivity index (χ1n) is 5.67. The van der Waals surface area contributed by atoms with Gasteiger partial charge in [-0.25, -0.2) is 0 Å². The molecular weight excluding hydrogens is 312 g/mol. The number of benzene rings is 1. The quantitative estimate of drug-likeness (QED) is 0.912. The van der Waals surface area contributed by atoms with Gasteiger partial charge in [0.05, 0.1) is 6.61 Å². The molecule has 96 valence electrons. The molecule has 0 aliphatic rings. The molecule has 4 heteroatoms. The van der Waals surface area contributed by atoms with Gasteiger partial charge in [-0.05, 0) is 52.5 Å². The van der Waals surface area contributed by atoms with Crippen LogP contribution in [0.2, 0.25) is 0 Å². The Morgan fingerprint density at radius 2 is 1.89 bits per heavy atom. The molecule has 0 amide bonds. The number of hydrogen-bond donors (Lipinski definition) is 1. The van der Waals surface area contributed by atoms with Crippen molar-refractivity contribution in [1.29, 1.82) is 0 Å². The summed E-state index contributed by atoms with van der Waals surface area (Å²) in [7, 11) is 0. The molecule has 2 nitrogen and oxygen atoms in total. The fourth-order valence-corrected chi connectivity index (χ4v) is 3.29. The maximum atomic E-state index is 9.14. The van der Waals surface area contributed by atoms with Crippen LogP contribution in [0, 0.1) is 13.8 Å². The van der Waals surface area contributed by atoms with E-state index in [4.69, 9.17) is 9.84 Å². The zero-order valence-corrected chi connectivity index (χ0v) is 12.8. The average Bonchev–Trinajstić information content (AvgIpc) is 2.73. The Kier molecular flexibility index (Phi) is 4.43. The Labute approximate surface area is 119 Å². The van der Waals surface area contributed by atoms with Crippen LogP contribution in [0.4, 0.5) is 0 Å². The molecule has 1 aromatic carbocycles. The lowest BCUT2D eigenvalue weighted by atomic mass is 10.1. The molecule has 0 spiro atoms. The molecule has 0 radical (unpaired) electrons. The smallest absolute Gasteiger partial charge is 0.125 e. The topological polar surface area (TPSA) is 29.5 Å². The second-order valence-corrected chi connectivity index (χ2v) is 6.15. The third-order valence-electron chi connectivity index (χ3n) is 2.68. The molecule has 0 aliphatic carbocycles. The molecule has 2 aromatic rings. The van der Waals surface area contributed by atoms with Crippen molar-refractivity contribution in [2.75, 3.05) is 0 Å². The van der Waals surface area contributed by atoms with E-state index in [0.29, 0.717) is 6.61 Å². The number of aryl methyl sites for hydroxylation is 2. The molecule has 0 saturated carbocycles. The molecule has 1 heterocycles. The van der Waals surface area contributed by atoms with E-state index in [-0.39, 0.29) is 6.61 Å². The second-order valence-electron chi connectivity index (χ2n) is 4.24. The summed E-state index contributed by atoms with van der Waals surface area (Å²) in [5, 5.41) is 11.2. The summed E-state index contributed by atoms with van der Waals surface area (Å²) in [6.07, 6.45) is 0. The van der Waals surface area contributed by atoms with Gasteiger partial charge in [0.1, 0.15) is 12.4 Å². The number of hydrogen-bond acceptors (Lipinski definition) is 3. The Morgan fingerprint density at radius 1 is 1.22 bits per heavy atom. The van der Waals surface area contributed by atoms with E-state index >= 15 is 0 Å². The minimum Gasteiger partial charge on any atom is -0.488 e. The van der Waals surface area contributed by atoms with Crippen molar-refractivity contribution < 1.29 is 9.84 Å². The third kappa shape index (κ3) is 3.13. The SMILES string of the molecule is Cc1cc(CO)cc(C)c1OCc1cc(Br)cs1. The van der Waals surface area contributed by atoms with Gasteiger partial charge in [-0.1, -0.05) is 12.1 Å². The van der Waals surface area contributed by atoms with E-state index in [1.807, 2.05) is 31.4 Å². The van der Waals surface area contributed by atoms with Gasteiger partial charge in [0.2, 0.25) is 0 Å². The molecule has 1 N–H and O–H groups in total. The first kappa shape index (κ1) is 13.6. The Bertz CT molecular complexity index is 525. The molecule has 1 aromatic heterocycles. The van der Waals surface area contributed by atoms with Crippen molar-refractivity contribution in [3.63, 3.8) is 0 Å². The van der Waals surface area contributed by atoms with E-state index < -0.39 is 0 Å². The summed E-state index contributed by atoms with van der Waals surface area (Å²) in [4.78, 5) is 1.19. The average molecular weight is 327 g/mol. The standard InChI is InChI=1S/C14H15BrO2S/c1-9-3-11(6-16)4-10(2)14(9)17-7-13-5-12(15)8-18-13/h3-5,8,16H,6-7H2,1-2H3. The number of ether oxygens (including phenoxy) is 1. The number of aliphatic hydroxyl groups excluding tert-OH is 1. The molecule has 0 saturated heterocycles. The van der Waals surface area contributed by atoms with Crippen LogP contribution >= 0.6 is 27.3 Å². The highest BCUT2D eigenvalue weighted by atomic mass is 79.9. The van der Waals surface area contributed by atoms with Crippen molar-refractivity contribution in [2.24, 2.45) is 0 Å². The normalized spacial score (nSPS) is 10.7. The van der Waals surface area contributed by atoms with Crippen LogP contribution in [0.15, 0.2) is 28.1 Å². The van der Waals surface area contributed by atoms with Gasteiger partial charge in [-0.2, -0.15) is 0 Å². The summed E-state index contributed by atoms with van der Waals surface area (Å²) < 4.78 is 6.97. The Morgan fingerprint density at radius 3 is 2.39 bits per heavy atom.